The Balaban J connectivity index is 2.39. The maximum atomic E-state index is 11.8. The van der Waals surface area contributed by atoms with Crippen LogP contribution in [0.5, 0.6) is 0 Å². The summed E-state index contributed by atoms with van der Waals surface area (Å²) in [5, 5.41) is 2.94. The van der Waals surface area contributed by atoms with Crippen molar-refractivity contribution in [3.63, 3.8) is 0 Å². The normalized spacial score (nSPS) is 25.7. The van der Waals surface area contributed by atoms with Crippen LogP contribution < -0.4 is 15.5 Å². The highest BCUT2D eigenvalue weighted by Gasteiger charge is 2.25. The first-order valence-electron chi connectivity index (χ1n) is 6.37. The van der Waals surface area contributed by atoms with Crippen LogP contribution >= 0.6 is 11.0 Å². The molecule has 0 aliphatic carbocycles. The summed E-state index contributed by atoms with van der Waals surface area (Å²) in [6.07, 6.45) is 1.87. The van der Waals surface area contributed by atoms with Crippen molar-refractivity contribution < 1.29 is 9.63 Å². The van der Waals surface area contributed by atoms with E-state index in [-0.39, 0.29) is 26.6 Å². The molecule has 2 amide bonds. The van der Waals surface area contributed by atoms with Crippen LogP contribution in [0.2, 0.25) is 0 Å². The van der Waals surface area contributed by atoms with Crippen LogP contribution in [0.3, 0.4) is 0 Å². The topological polar surface area (TPSA) is 62.4 Å². The van der Waals surface area contributed by atoms with E-state index in [1.165, 1.54) is 0 Å². The summed E-state index contributed by atoms with van der Waals surface area (Å²) in [6, 6.07) is 0.0574. The highest BCUT2D eigenvalue weighted by Crippen LogP contribution is 2.18. The molecule has 0 saturated carbocycles. The van der Waals surface area contributed by atoms with E-state index in [1.54, 1.807) is 11.0 Å². The fourth-order valence-corrected chi connectivity index (χ4v) is 4.52. The molecule has 0 aromatic carbocycles. The molecule has 0 aromatic heterocycles. The number of nitrogens with one attached hydrogen (secondary N) is 3. The molecule has 1 heterocycles. The third-order valence-corrected chi connectivity index (χ3v) is 6.19. The number of hydrogen-bond acceptors (Lipinski definition) is 5. The van der Waals surface area contributed by atoms with Crippen LogP contribution in [0.15, 0.2) is 0 Å². The van der Waals surface area contributed by atoms with E-state index in [4.69, 9.17) is 16.0 Å². The number of hydroxylamine groups is 1. The van der Waals surface area contributed by atoms with Gasteiger partial charge in [-0.3, -0.25) is 4.84 Å². The number of hydrogen-bond donors (Lipinski definition) is 3. The first-order valence-corrected chi connectivity index (χ1v) is 10.0. The molecule has 1 aliphatic rings. The summed E-state index contributed by atoms with van der Waals surface area (Å²) < 4.78 is 3.34. The van der Waals surface area contributed by atoms with Crippen molar-refractivity contribution in [1.29, 1.82) is 0 Å². The summed E-state index contributed by atoms with van der Waals surface area (Å²) in [5.74, 6) is 1.02. The molecule has 19 heavy (non-hydrogen) atoms. The van der Waals surface area contributed by atoms with Crippen molar-refractivity contribution >= 4 is 36.7 Å². The summed E-state index contributed by atoms with van der Waals surface area (Å²) in [7, 11) is 1.58. The average molecular weight is 326 g/mol. The number of amides is 2. The van der Waals surface area contributed by atoms with Gasteiger partial charge in [-0.2, -0.15) is 0 Å². The van der Waals surface area contributed by atoms with Gasteiger partial charge in [-0.25, -0.2) is 15.0 Å². The monoisotopic (exact) mass is 325 g/mol. The highest BCUT2D eigenvalue weighted by molar-refractivity contribution is 8.82. The lowest BCUT2D eigenvalue weighted by Gasteiger charge is -2.31. The second kappa shape index (κ2) is 7.78. The maximum absolute atomic E-state index is 11.8. The Bertz CT molecular complexity index is 324. The number of rotatable bonds is 4. The Morgan fingerprint density at radius 1 is 1.63 bits per heavy atom. The third-order valence-electron chi connectivity index (χ3n) is 2.58. The van der Waals surface area contributed by atoms with Gasteiger partial charge in [0.15, 0.2) is 0 Å². The van der Waals surface area contributed by atoms with Crippen molar-refractivity contribution in [2.24, 2.45) is 0 Å². The first kappa shape index (κ1) is 17.2. The summed E-state index contributed by atoms with van der Waals surface area (Å²) in [4.78, 5) is 17.0. The minimum atomic E-state index is -0.394. The lowest BCUT2D eigenvalue weighted by molar-refractivity contribution is -0.0533. The molecular formula is C11H23N3O2S3. The van der Waals surface area contributed by atoms with Crippen molar-refractivity contribution in [2.75, 3.05) is 5.75 Å². The molecule has 112 valence electrons. The predicted octanol–water partition coefficient (Wildman–Crippen LogP) is 1.80. The number of urea groups is 1. The standard InChI is InChI=1S/C11H23N3O2S3/c1-5-8(9-6-7-19(17)18-14-9)12-10(15)13-16-11(2,3)4/h8-9,14H,5-7H2,1-4H3,(H2,12,13,15). The minimum absolute atomic E-state index is 0.0214. The molecule has 8 heteroatoms. The molecule has 0 spiro atoms. The maximum Gasteiger partial charge on any atom is 0.338 e. The highest BCUT2D eigenvalue weighted by atomic mass is 33.3. The average Bonchev–Trinajstić information content (AvgIpc) is 2.34. The molecule has 0 aromatic rings. The van der Waals surface area contributed by atoms with Crippen molar-refractivity contribution in [3.8, 4) is 0 Å². The molecule has 3 N–H and O–H groups in total. The fraction of sp³-hybridized carbons (Fsp3) is 0.909. The smallest absolute Gasteiger partial charge is 0.332 e. The second-order valence-corrected chi connectivity index (χ2v) is 10.4. The number of carbonyl (C=O) groups is 1. The summed E-state index contributed by atoms with van der Waals surface area (Å²) in [6.45, 7) is 7.71. The van der Waals surface area contributed by atoms with Crippen LogP contribution in [0.1, 0.15) is 40.5 Å². The van der Waals surface area contributed by atoms with Crippen molar-refractivity contribution in [2.45, 2.75) is 58.2 Å². The molecule has 3 atom stereocenters. The van der Waals surface area contributed by atoms with Gasteiger partial charge in [0.1, 0.15) is 0 Å². The van der Waals surface area contributed by atoms with Gasteiger partial charge >= 0.3 is 6.03 Å². The van der Waals surface area contributed by atoms with E-state index in [0.29, 0.717) is 0 Å². The van der Waals surface area contributed by atoms with E-state index in [9.17, 15) is 4.79 Å². The largest absolute Gasteiger partial charge is 0.338 e. The lowest BCUT2D eigenvalue weighted by atomic mass is 10.0. The van der Waals surface area contributed by atoms with Gasteiger partial charge in [0, 0.05) is 17.8 Å². The number of carbonyl (C=O) groups excluding carboxylic acids is 1. The summed E-state index contributed by atoms with van der Waals surface area (Å²) >= 11 is 5.24. The molecule has 0 radical (unpaired) electrons. The molecule has 3 unspecified atom stereocenters. The predicted molar refractivity (Wildman–Crippen MR) is 85.3 cm³/mol. The molecule has 5 nitrogen and oxygen atoms in total. The van der Waals surface area contributed by atoms with E-state index in [2.05, 4.69) is 22.4 Å². The van der Waals surface area contributed by atoms with Crippen molar-refractivity contribution in [3.05, 3.63) is 0 Å². The van der Waals surface area contributed by atoms with Crippen LogP contribution in [0, 0.1) is 0 Å². The molecular weight excluding hydrogens is 302 g/mol. The van der Waals surface area contributed by atoms with E-state index in [0.717, 1.165) is 18.6 Å². The van der Waals surface area contributed by atoms with Crippen LogP contribution in [0.4, 0.5) is 4.79 Å². The van der Waals surface area contributed by atoms with Crippen LogP contribution in [-0.2, 0) is 24.5 Å². The van der Waals surface area contributed by atoms with Gasteiger partial charge in [-0.05, 0) is 64.3 Å². The van der Waals surface area contributed by atoms with Gasteiger partial charge in [-0.1, -0.05) is 6.92 Å². The minimum Gasteiger partial charge on any atom is -0.332 e. The second-order valence-electron chi connectivity index (χ2n) is 5.41. The van der Waals surface area contributed by atoms with Gasteiger partial charge in [0.2, 0.25) is 0 Å². The molecule has 1 saturated heterocycles. The zero-order valence-electron chi connectivity index (χ0n) is 11.8. The van der Waals surface area contributed by atoms with Gasteiger partial charge < -0.3 is 5.32 Å². The van der Waals surface area contributed by atoms with Gasteiger partial charge in [0.25, 0.3) is 0 Å². The lowest BCUT2D eigenvalue weighted by Crippen LogP contribution is -2.53. The zero-order valence-corrected chi connectivity index (χ0v) is 14.3. The van der Waals surface area contributed by atoms with E-state index >= 15 is 0 Å². The molecule has 1 rings (SSSR count). The Morgan fingerprint density at radius 2 is 2.32 bits per heavy atom. The Hall–Kier alpha value is 0.110. The Kier molecular flexibility index (Phi) is 7.02. The Labute approximate surface area is 126 Å². The van der Waals surface area contributed by atoms with Crippen LogP contribution in [-0.4, -0.2) is 29.5 Å². The van der Waals surface area contributed by atoms with Gasteiger partial charge in [0.05, 0.1) is 5.60 Å². The first-order chi connectivity index (χ1) is 8.81. The van der Waals surface area contributed by atoms with E-state index < -0.39 is 5.60 Å². The SMILES string of the molecule is CCC(NC(=O)NOC(C)(C)C)C1CCS(=S)SN1. The molecule has 1 aliphatic heterocycles. The summed E-state index contributed by atoms with van der Waals surface area (Å²) in [5.41, 5.74) is 2.04. The van der Waals surface area contributed by atoms with Gasteiger partial charge in [-0.15, -0.1) is 0 Å². The Morgan fingerprint density at radius 3 is 2.79 bits per heavy atom. The molecule has 0 bridgehead atoms. The molecule has 1 fully saturated rings. The third kappa shape index (κ3) is 6.89. The quantitative estimate of drug-likeness (QED) is 0.418. The van der Waals surface area contributed by atoms with Crippen molar-refractivity contribution in [1.82, 2.24) is 15.5 Å². The fourth-order valence-electron chi connectivity index (χ4n) is 1.61. The van der Waals surface area contributed by atoms with Crippen LogP contribution in [0.25, 0.3) is 0 Å². The zero-order chi connectivity index (χ0) is 14.5. The van der Waals surface area contributed by atoms with E-state index in [1.807, 2.05) is 20.8 Å².